The van der Waals surface area contributed by atoms with E-state index >= 15 is 0 Å². The van der Waals surface area contributed by atoms with E-state index in [-0.39, 0.29) is 5.91 Å². The number of benzene rings is 2. The number of aryl methyl sites for hydroxylation is 1. The molecule has 3 rings (SSSR count). The summed E-state index contributed by atoms with van der Waals surface area (Å²) in [5.41, 5.74) is 3.44. The highest BCUT2D eigenvalue weighted by molar-refractivity contribution is 7.98. The number of carbonyl (C=O) groups excluding carboxylic acids is 1. The number of hydrogen-bond acceptors (Lipinski definition) is 4. The summed E-state index contributed by atoms with van der Waals surface area (Å²) in [6, 6.07) is 18.6. The van der Waals surface area contributed by atoms with Crippen LogP contribution in [0.5, 0.6) is 0 Å². The number of carbonyl (C=O) groups is 1. The van der Waals surface area contributed by atoms with Crippen LogP contribution in [-0.4, -0.2) is 20.7 Å². The first-order valence-corrected chi connectivity index (χ1v) is 10.6. The lowest BCUT2D eigenvalue weighted by atomic mass is 10.2. The zero-order chi connectivity index (χ0) is 19.8. The fourth-order valence-corrected chi connectivity index (χ4v) is 3.71. The number of aromatic nitrogens is 3. The molecule has 0 saturated carbocycles. The summed E-state index contributed by atoms with van der Waals surface area (Å²) in [7, 11) is 0. The van der Waals surface area contributed by atoms with Gasteiger partial charge in [0.05, 0.1) is 6.54 Å². The highest BCUT2D eigenvalue weighted by atomic mass is 32.2. The quantitative estimate of drug-likeness (QED) is 0.536. The minimum atomic E-state index is 0.0544. The maximum Gasteiger partial charge on any atom is 0.220 e. The molecule has 0 unspecified atom stereocenters. The average molecular weight is 395 g/mol. The monoisotopic (exact) mass is 394 g/mol. The van der Waals surface area contributed by atoms with Gasteiger partial charge < -0.3 is 5.32 Å². The maximum absolute atomic E-state index is 12.0. The van der Waals surface area contributed by atoms with Crippen molar-refractivity contribution in [2.75, 3.05) is 0 Å². The van der Waals surface area contributed by atoms with E-state index in [4.69, 9.17) is 0 Å². The van der Waals surface area contributed by atoms with Gasteiger partial charge in [0.15, 0.2) is 11.0 Å². The number of nitrogens with zero attached hydrogens (tertiary/aromatic N) is 3. The minimum Gasteiger partial charge on any atom is -0.349 e. The van der Waals surface area contributed by atoms with Crippen molar-refractivity contribution in [3.05, 3.63) is 71.5 Å². The molecule has 5 nitrogen and oxygen atoms in total. The van der Waals surface area contributed by atoms with Crippen LogP contribution in [0, 0.1) is 6.92 Å². The maximum atomic E-state index is 12.0. The molecule has 6 heteroatoms. The highest BCUT2D eigenvalue weighted by Gasteiger charge is 2.15. The zero-order valence-corrected chi connectivity index (χ0v) is 17.2. The van der Waals surface area contributed by atoms with Gasteiger partial charge in [0.2, 0.25) is 5.91 Å². The van der Waals surface area contributed by atoms with Gasteiger partial charge in [0.1, 0.15) is 0 Å². The van der Waals surface area contributed by atoms with Crippen LogP contribution < -0.4 is 5.32 Å². The van der Waals surface area contributed by atoms with Gasteiger partial charge in [0, 0.05) is 17.9 Å². The van der Waals surface area contributed by atoms with Crippen molar-refractivity contribution in [2.45, 2.75) is 50.6 Å². The summed E-state index contributed by atoms with van der Waals surface area (Å²) in [5, 5.41) is 12.5. The molecular formula is C22H26N4OS. The SMILES string of the molecule is CCCCC(=O)NCc1nnc(SCc2ccccc2)n1-c1ccc(C)cc1. The van der Waals surface area contributed by atoms with Crippen LogP contribution in [-0.2, 0) is 17.1 Å². The summed E-state index contributed by atoms with van der Waals surface area (Å²) in [6.45, 7) is 4.52. The molecule has 146 valence electrons. The molecule has 1 N–H and O–H groups in total. The van der Waals surface area contributed by atoms with Crippen LogP contribution in [0.25, 0.3) is 5.69 Å². The van der Waals surface area contributed by atoms with Gasteiger partial charge in [-0.2, -0.15) is 0 Å². The molecule has 0 radical (unpaired) electrons. The average Bonchev–Trinajstić information content (AvgIpc) is 3.13. The molecule has 1 amide bonds. The molecule has 28 heavy (non-hydrogen) atoms. The summed E-state index contributed by atoms with van der Waals surface area (Å²) in [6.07, 6.45) is 2.45. The Balaban J connectivity index is 1.80. The van der Waals surface area contributed by atoms with Crippen LogP contribution in [0.2, 0.25) is 0 Å². The molecule has 0 spiro atoms. The minimum absolute atomic E-state index is 0.0544. The van der Waals surface area contributed by atoms with Gasteiger partial charge in [-0.05, 0) is 31.0 Å². The number of unbranched alkanes of at least 4 members (excludes halogenated alkanes) is 1. The van der Waals surface area contributed by atoms with E-state index in [9.17, 15) is 4.79 Å². The predicted octanol–water partition coefficient (Wildman–Crippen LogP) is 4.67. The molecule has 0 aliphatic heterocycles. The van der Waals surface area contributed by atoms with E-state index in [1.165, 1.54) is 11.1 Å². The van der Waals surface area contributed by atoms with Crippen LogP contribution >= 0.6 is 11.8 Å². The number of thioether (sulfide) groups is 1. The molecule has 0 aliphatic rings. The van der Waals surface area contributed by atoms with Crippen molar-refractivity contribution in [1.82, 2.24) is 20.1 Å². The van der Waals surface area contributed by atoms with E-state index in [2.05, 4.69) is 65.8 Å². The topological polar surface area (TPSA) is 59.8 Å². The molecule has 0 saturated heterocycles. The smallest absolute Gasteiger partial charge is 0.220 e. The first-order chi connectivity index (χ1) is 13.7. The third-order valence-electron chi connectivity index (χ3n) is 4.40. The first kappa shape index (κ1) is 20.1. The second kappa shape index (κ2) is 10.1. The third kappa shape index (κ3) is 5.45. The zero-order valence-electron chi connectivity index (χ0n) is 16.4. The summed E-state index contributed by atoms with van der Waals surface area (Å²) >= 11 is 1.64. The second-order valence-electron chi connectivity index (χ2n) is 6.72. The standard InChI is InChI=1S/C22H26N4OS/c1-3-4-10-21(27)23-15-20-24-25-22(28-16-18-8-6-5-7-9-18)26(20)19-13-11-17(2)12-14-19/h5-9,11-14H,3-4,10,15-16H2,1-2H3,(H,23,27). The van der Waals surface area contributed by atoms with E-state index in [0.717, 1.165) is 35.3 Å². The van der Waals surface area contributed by atoms with Crippen LogP contribution in [0.15, 0.2) is 59.8 Å². The molecule has 2 aromatic carbocycles. The molecule has 1 aromatic heterocycles. The number of rotatable bonds is 9. The highest BCUT2D eigenvalue weighted by Crippen LogP contribution is 2.25. The molecule has 0 aliphatic carbocycles. The lowest BCUT2D eigenvalue weighted by Crippen LogP contribution is -2.24. The van der Waals surface area contributed by atoms with Gasteiger partial charge >= 0.3 is 0 Å². The Kier molecular flexibility index (Phi) is 7.25. The number of hydrogen-bond donors (Lipinski definition) is 1. The Labute approximate surface area is 170 Å². The lowest BCUT2D eigenvalue weighted by Gasteiger charge is -2.11. The van der Waals surface area contributed by atoms with Gasteiger partial charge in [0.25, 0.3) is 0 Å². The first-order valence-electron chi connectivity index (χ1n) is 9.62. The van der Waals surface area contributed by atoms with E-state index in [0.29, 0.717) is 13.0 Å². The van der Waals surface area contributed by atoms with Crippen LogP contribution in [0.4, 0.5) is 0 Å². The van der Waals surface area contributed by atoms with Crippen molar-refractivity contribution < 1.29 is 4.79 Å². The van der Waals surface area contributed by atoms with Gasteiger partial charge in [-0.25, -0.2) is 0 Å². The third-order valence-corrected chi connectivity index (χ3v) is 5.40. The predicted molar refractivity (Wildman–Crippen MR) is 113 cm³/mol. The van der Waals surface area contributed by atoms with Gasteiger partial charge in [-0.3, -0.25) is 9.36 Å². The summed E-state index contributed by atoms with van der Waals surface area (Å²) in [5.74, 6) is 1.61. The van der Waals surface area contributed by atoms with Crippen LogP contribution in [0.1, 0.15) is 43.1 Å². The van der Waals surface area contributed by atoms with Crippen molar-refractivity contribution in [1.29, 1.82) is 0 Å². The van der Waals surface area contributed by atoms with Crippen molar-refractivity contribution >= 4 is 17.7 Å². The van der Waals surface area contributed by atoms with E-state index in [1.54, 1.807) is 11.8 Å². The fourth-order valence-electron chi connectivity index (χ4n) is 2.79. The second-order valence-corrected chi connectivity index (χ2v) is 7.67. The van der Waals surface area contributed by atoms with Gasteiger partial charge in [-0.1, -0.05) is 73.1 Å². The van der Waals surface area contributed by atoms with Crippen molar-refractivity contribution in [3.8, 4) is 5.69 Å². The Bertz CT molecular complexity index is 891. The fraction of sp³-hybridized carbons (Fsp3) is 0.318. The molecular weight excluding hydrogens is 368 g/mol. The molecule has 0 bridgehead atoms. The van der Waals surface area contributed by atoms with E-state index < -0.39 is 0 Å². The molecule has 1 heterocycles. The summed E-state index contributed by atoms with van der Waals surface area (Å²) in [4.78, 5) is 12.0. The normalized spacial score (nSPS) is 10.8. The number of nitrogens with one attached hydrogen (secondary N) is 1. The lowest BCUT2D eigenvalue weighted by molar-refractivity contribution is -0.121. The Morgan fingerprint density at radius 1 is 1.07 bits per heavy atom. The van der Waals surface area contributed by atoms with Crippen molar-refractivity contribution in [3.63, 3.8) is 0 Å². The Morgan fingerprint density at radius 2 is 1.82 bits per heavy atom. The number of amides is 1. The van der Waals surface area contributed by atoms with Gasteiger partial charge in [-0.15, -0.1) is 10.2 Å². The Hall–Kier alpha value is -2.60. The Morgan fingerprint density at radius 3 is 2.54 bits per heavy atom. The molecule has 0 fully saturated rings. The summed E-state index contributed by atoms with van der Waals surface area (Å²) < 4.78 is 2.03. The molecule has 0 atom stereocenters. The molecule has 3 aromatic rings. The van der Waals surface area contributed by atoms with Crippen LogP contribution in [0.3, 0.4) is 0 Å². The largest absolute Gasteiger partial charge is 0.349 e. The van der Waals surface area contributed by atoms with Crippen molar-refractivity contribution in [2.24, 2.45) is 0 Å². The van der Waals surface area contributed by atoms with E-state index in [1.807, 2.05) is 22.8 Å².